The van der Waals surface area contributed by atoms with Crippen molar-refractivity contribution < 1.29 is 4.79 Å². The number of thiazole rings is 1. The maximum Gasteiger partial charge on any atom is 0.240 e. The van der Waals surface area contributed by atoms with Crippen LogP contribution in [-0.2, 0) is 11.3 Å². The van der Waals surface area contributed by atoms with Crippen molar-refractivity contribution in [2.45, 2.75) is 31.8 Å². The van der Waals surface area contributed by atoms with E-state index in [1.807, 2.05) is 12.3 Å². The fourth-order valence-electron chi connectivity index (χ4n) is 1.78. The molecule has 1 aromatic rings. The molecule has 5 heteroatoms. The van der Waals surface area contributed by atoms with E-state index in [1.165, 1.54) is 0 Å². The van der Waals surface area contributed by atoms with Crippen molar-refractivity contribution in [2.75, 3.05) is 6.54 Å². The molecule has 15 heavy (non-hydrogen) atoms. The monoisotopic (exact) mass is 225 g/mol. The first-order chi connectivity index (χ1) is 7.21. The minimum Gasteiger partial charge on any atom is -0.349 e. The van der Waals surface area contributed by atoms with Crippen molar-refractivity contribution in [3.05, 3.63) is 16.6 Å². The Kier molecular flexibility index (Phi) is 3.02. The molecule has 2 heterocycles. The highest BCUT2D eigenvalue weighted by Gasteiger charge is 2.35. The third-order valence-electron chi connectivity index (χ3n) is 2.78. The van der Waals surface area contributed by atoms with Gasteiger partial charge in [-0.25, -0.2) is 4.98 Å². The number of carbonyl (C=O) groups excluding carboxylic acids is 1. The van der Waals surface area contributed by atoms with Gasteiger partial charge in [-0.2, -0.15) is 0 Å². The predicted molar refractivity (Wildman–Crippen MR) is 59.6 cm³/mol. The highest BCUT2D eigenvalue weighted by atomic mass is 32.1. The van der Waals surface area contributed by atoms with E-state index >= 15 is 0 Å². The summed E-state index contributed by atoms with van der Waals surface area (Å²) in [5.74, 6) is 0.0769. The Labute approximate surface area is 93.1 Å². The van der Waals surface area contributed by atoms with Gasteiger partial charge in [0.1, 0.15) is 0 Å². The zero-order valence-corrected chi connectivity index (χ0v) is 9.56. The number of amides is 1. The van der Waals surface area contributed by atoms with Crippen molar-refractivity contribution >= 4 is 17.2 Å². The van der Waals surface area contributed by atoms with Crippen LogP contribution in [0.1, 0.15) is 25.5 Å². The summed E-state index contributed by atoms with van der Waals surface area (Å²) in [5.41, 5.74) is 2.32. The molecule has 2 N–H and O–H groups in total. The Morgan fingerprint density at radius 2 is 2.67 bits per heavy atom. The topological polar surface area (TPSA) is 54.0 Å². The number of nitrogens with zero attached hydrogens (tertiary/aromatic N) is 1. The molecule has 1 aliphatic heterocycles. The molecule has 1 unspecified atom stereocenters. The SMILES string of the molecule is CC1(C(=O)NCc2cscn2)CCCN1. The van der Waals surface area contributed by atoms with Gasteiger partial charge in [0.05, 0.1) is 23.3 Å². The maximum absolute atomic E-state index is 11.9. The summed E-state index contributed by atoms with van der Waals surface area (Å²) in [7, 11) is 0. The smallest absolute Gasteiger partial charge is 0.240 e. The summed E-state index contributed by atoms with van der Waals surface area (Å²) in [6.07, 6.45) is 1.98. The van der Waals surface area contributed by atoms with Gasteiger partial charge in [0, 0.05) is 5.38 Å². The van der Waals surface area contributed by atoms with Gasteiger partial charge >= 0.3 is 0 Å². The zero-order valence-electron chi connectivity index (χ0n) is 8.75. The van der Waals surface area contributed by atoms with Gasteiger partial charge in [-0.15, -0.1) is 11.3 Å². The molecule has 4 nitrogen and oxygen atoms in total. The van der Waals surface area contributed by atoms with Crippen LogP contribution in [0.4, 0.5) is 0 Å². The lowest BCUT2D eigenvalue weighted by molar-refractivity contribution is -0.126. The Balaban J connectivity index is 1.87. The van der Waals surface area contributed by atoms with Gasteiger partial charge in [-0.3, -0.25) is 4.79 Å². The molecule has 2 rings (SSSR count). The number of nitrogens with one attached hydrogen (secondary N) is 2. The summed E-state index contributed by atoms with van der Waals surface area (Å²) >= 11 is 1.54. The Hall–Kier alpha value is -0.940. The Morgan fingerprint density at radius 3 is 3.27 bits per heavy atom. The van der Waals surface area contributed by atoms with Crippen LogP contribution < -0.4 is 10.6 Å². The van der Waals surface area contributed by atoms with Crippen LogP contribution in [0.15, 0.2) is 10.9 Å². The number of aromatic nitrogens is 1. The summed E-state index contributed by atoms with van der Waals surface area (Å²) in [4.78, 5) is 16.0. The van der Waals surface area contributed by atoms with Crippen molar-refractivity contribution in [1.29, 1.82) is 0 Å². The van der Waals surface area contributed by atoms with Crippen LogP contribution in [0, 0.1) is 0 Å². The van der Waals surface area contributed by atoms with Crippen LogP contribution in [0.5, 0.6) is 0 Å². The fourth-order valence-corrected chi connectivity index (χ4v) is 2.34. The lowest BCUT2D eigenvalue weighted by atomic mass is 9.99. The van der Waals surface area contributed by atoms with Gasteiger partial charge in [0.15, 0.2) is 0 Å². The van der Waals surface area contributed by atoms with E-state index in [9.17, 15) is 4.79 Å². The largest absolute Gasteiger partial charge is 0.349 e. The standard InChI is InChI=1S/C10H15N3OS/c1-10(3-2-4-13-10)9(14)11-5-8-6-15-7-12-8/h6-7,13H,2-5H2,1H3,(H,11,14). The van der Waals surface area contributed by atoms with Gasteiger partial charge < -0.3 is 10.6 Å². The minimum atomic E-state index is -0.379. The average Bonchev–Trinajstić information content (AvgIpc) is 2.85. The predicted octanol–water partition coefficient (Wildman–Crippen LogP) is 0.901. The fraction of sp³-hybridized carbons (Fsp3) is 0.600. The molecule has 1 saturated heterocycles. The van der Waals surface area contributed by atoms with Crippen LogP contribution >= 0.6 is 11.3 Å². The van der Waals surface area contributed by atoms with Crippen LogP contribution in [0.3, 0.4) is 0 Å². The van der Waals surface area contributed by atoms with Crippen molar-refractivity contribution in [2.24, 2.45) is 0 Å². The number of hydrogen-bond acceptors (Lipinski definition) is 4. The summed E-state index contributed by atoms with van der Waals surface area (Å²) in [5, 5.41) is 8.09. The molecule has 82 valence electrons. The summed E-state index contributed by atoms with van der Waals surface area (Å²) < 4.78 is 0. The van der Waals surface area contributed by atoms with E-state index in [0.29, 0.717) is 6.54 Å². The van der Waals surface area contributed by atoms with Crippen molar-refractivity contribution in [3.63, 3.8) is 0 Å². The van der Waals surface area contributed by atoms with E-state index in [4.69, 9.17) is 0 Å². The maximum atomic E-state index is 11.9. The molecule has 0 radical (unpaired) electrons. The molecule has 0 aromatic carbocycles. The molecule has 1 aliphatic rings. The second-order valence-electron chi connectivity index (χ2n) is 4.02. The van der Waals surface area contributed by atoms with E-state index in [1.54, 1.807) is 16.8 Å². The lowest BCUT2D eigenvalue weighted by Crippen LogP contribution is -2.50. The van der Waals surface area contributed by atoms with E-state index in [0.717, 1.165) is 25.1 Å². The zero-order chi connectivity index (χ0) is 10.7. The van der Waals surface area contributed by atoms with Crippen LogP contribution in [0.25, 0.3) is 0 Å². The Bertz CT molecular complexity index is 330. The van der Waals surface area contributed by atoms with Gasteiger partial charge in [0.25, 0.3) is 0 Å². The molecule has 1 fully saturated rings. The highest BCUT2D eigenvalue weighted by molar-refractivity contribution is 7.07. The quantitative estimate of drug-likeness (QED) is 0.803. The van der Waals surface area contributed by atoms with E-state index in [-0.39, 0.29) is 11.4 Å². The molecule has 0 saturated carbocycles. The summed E-state index contributed by atoms with van der Waals surface area (Å²) in [6.45, 7) is 3.41. The second-order valence-corrected chi connectivity index (χ2v) is 4.74. The number of rotatable bonds is 3. The van der Waals surface area contributed by atoms with Crippen LogP contribution in [0.2, 0.25) is 0 Å². The Morgan fingerprint density at radius 1 is 1.80 bits per heavy atom. The number of carbonyl (C=O) groups is 1. The normalized spacial score (nSPS) is 25.4. The third-order valence-corrected chi connectivity index (χ3v) is 3.42. The van der Waals surface area contributed by atoms with Crippen LogP contribution in [-0.4, -0.2) is 23.0 Å². The summed E-state index contributed by atoms with van der Waals surface area (Å²) in [6, 6.07) is 0. The lowest BCUT2D eigenvalue weighted by Gasteiger charge is -2.22. The molecule has 0 spiro atoms. The van der Waals surface area contributed by atoms with Crippen molar-refractivity contribution in [1.82, 2.24) is 15.6 Å². The average molecular weight is 225 g/mol. The van der Waals surface area contributed by atoms with E-state index in [2.05, 4.69) is 15.6 Å². The minimum absolute atomic E-state index is 0.0769. The van der Waals surface area contributed by atoms with Gasteiger partial charge in [-0.05, 0) is 26.3 Å². The highest BCUT2D eigenvalue weighted by Crippen LogP contribution is 2.18. The molecule has 0 aliphatic carbocycles. The molecule has 1 amide bonds. The molecule has 0 bridgehead atoms. The molecule has 1 atom stereocenters. The van der Waals surface area contributed by atoms with Crippen molar-refractivity contribution in [3.8, 4) is 0 Å². The van der Waals surface area contributed by atoms with Gasteiger partial charge in [0.2, 0.25) is 5.91 Å². The number of hydrogen-bond donors (Lipinski definition) is 2. The van der Waals surface area contributed by atoms with Gasteiger partial charge in [-0.1, -0.05) is 0 Å². The van der Waals surface area contributed by atoms with E-state index < -0.39 is 0 Å². The molecule has 1 aromatic heterocycles. The third kappa shape index (κ3) is 2.35. The molecular formula is C10H15N3OS. The first kappa shape index (κ1) is 10.6. The first-order valence-corrected chi connectivity index (χ1v) is 6.05. The molecular weight excluding hydrogens is 210 g/mol. The first-order valence-electron chi connectivity index (χ1n) is 5.11. The second kappa shape index (κ2) is 4.28.